The maximum atomic E-state index is 13.0. The third-order valence-corrected chi connectivity index (χ3v) is 3.44. The van der Waals surface area contributed by atoms with Crippen LogP contribution in [0.3, 0.4) is 0 Å². The van der Waals surface area contributed by atoms with E-state index in [0.717, 1.165) is 24.9 Å². The summed E-state index contributed by atoms with van der Waals surface area (Å²) in [5.41, 5.74) is 3.72. The molecule has 0 bridgehead atoms. The molecule has 2 aromatic carbocycles. The summed E-state index contributed by atoms with van der Waals surface area (Å²) in [6.45, 7) is 5.26. The average molecular weight is 271 g/mol. The minimum Gasteiger partial charge on any atom is -0.310 e. The molecule has 0 saturated carbocycles. The highest BCUT2D eigenvalue weighted by Gasteiger charge is 2.11. The molecule has 0 heterocycles. The smallest absolute Gasteiger partial charge is 0.123 e. The zero-order chi connectivity index (χ0) is 14.4. The van der Waals surface area contributed by atoms with E-state index in [4.69, 9.17) is 0 Å². The highest BCUT2D eigenvalue weighted by molar-refractivity contribution is 5.27. The quantitative estimate of drug-likeness (QED) is 0.820. The van der Waals surface area contributed by atoms with Gasteiger partial charge in [-0.05, 0) is 49.6 Å². The Bertz CT molecular complexity index is 533. The molecular weight excluding hydrogens is 249 g/mol. The maximum Gasteiger partial charge on any atom is 0.123 e. The molecule has 1 nitrogen and oxygen atoms in total. The summed E-state index contributed by atoms with van der Waals surface area (Å²) >= 11 is 0. The van der Waals surface area contributed by atoms with Gasteiger partial charge in [0, 0.05) is 6.04 Å². The minimum atomic E-state index is -0.178. The maximum absolute atomic E-state index is 13.0. The molecule has 20 heavy (non-hydrogen) atoms. The number of aryl methyl sites for hydroxylation is 1. The summed E-state index contributed by atoms with van der Waals surface area (Å²) in [4.78, 5) is 0. The van der Waals surface area contributed by atoms with Gasteiger partial charge in [0.05, 0.1) is 0 Å². The topological polar surface area (TPSA) is 12.0 Å². The van der Waals surface area contributed by atoms with Crippen LogP contribution in [0.4, 0.5) is 4.39 Å². The molecule has 2 heteroatoms. The molecule has 0 aromatic heterocycles. The molecule has 2 aromatic rings. The molecule has 0 amide bonds. The summed E-state index contributed by atoms with van der Waals surface area (Å²) in [6, 6.07) is 15.7. The molecule has 1 unspecified atom stereocenters. The number of nitrogens with one attached hydrogen (secondary N) is 1. The summed E-state index contributed by atoms with van der Waals surface area (Å²) in [6.07, 6.45) is 1.98. The summed E-state index contributed by atoms with van der Waals surface area (Å²) in [7, 11) is 0. The zero-order valence-corrected chi connectivity index (χ0v) is 12.2. The van der Waals surface area contributed by atoms with E-state index in [9.17, 15) is 4.39 Å². The van der Waals surface area contributed by atoms with Crippen molar-refractivity contribution < 1.29 is 4.39 Å². The van der Waals surface area contributed by atoms with Crippen molar-refractivity contribution in [2.24, 2.45) is 0 Å². The van der Waals surface area contributed by atoms with Crippen LogP contribution in [-0.2, 0) is 6.42 Å². The van der Waals surface area contributed by atoms with Crippen LogP contribution in [-0.4, -0.2) is 6.54 Å². The second-order valence-corrected chi connectivity index (χ2v) is 5.25. The molecule has 0 radical (unpaired) electrons. The third kappa shape index (κ3) is 4.17. The van der Waals surface area contributed by atoms with E-state index in [1.54, 1.807) is 0 Å². The lowest BCUT2D eigenvalue weighted by molar-refractivity contribution is 0.528. The first kappa shape index (κ1) is 14.7. The Hall–Kier alpha value is -1.67. The molecule has 0 spiro atoms. The Morgan fingerprint density at radius 1 is 1.10 bits per heavy atom. The van der Waals surface area contributed by atoms with E-state index < -0.39 is 0 Å². The fourth-order valence-corrected chi connectivity index (χ4v) is 2.37. The first-order valence-electron chi connectivity index (χ1n) is 7.23. The van der Waals surface area contributed by atoms with Gasteiger partial charge < -0.3 is 5.32 Å². The molecule has 0 saturated heterocycles. The fraction of sp³-hybridized carbons (Fsp3) is 0.333. The van der Waals surface area contributed by atoms with Crippen LogP contribution in [0.1, 0.15) is 36.1 Å². The standard InChI is InChI=1S/C18H22FN/c1-3-11-20-18(16-6-4-5-14(2)12-16)13-15-7-9-17(19)10-8-15/h4-10,12,18,20H,3,11,13H2,1-2H3. The fourth-order valence-electron chi connectivity index (χ4n) is 2.37. The second-order valence-electron chi connectivity index (χ2n) is 5.25. The van der Waals surface area contributed by atoms with Crippen molar-refractivity contribution in [2.75, 3.05) is 6.54 Å². The largest absolute Gasteiger partial charge is 0.310 e. The highest BCUT2D eigenvalue weighted by atomic mass is 19.1. The molecule has 2 rings (SSSR count). The van der Waals surface area contributed by atoms with Crippen molar-refractivity contribution in [3.63, 3.8) is 0 Å². The van der Waals surface area contributed by atoms with Crippen LogP contribution >= 0.6 is 0 Å². The van der Waals surface area contributed by atoms with Gasteiger partial charge in [-0.15, -0.1) is 0 Å². The highest BCUT2D eigenvalue weighted by Crippen LogP contribution is 2.20. The van der Waals surface area contributed by atoms with Gasteiger partial charge in [0.25, 0.3) is 0 Å². The van der Waals surface area contributed by atoms with Gasteiger partial charge in [-0.25, -0.2) is 4.39 Å². The first-order chi connectivity index (χ1) is 9.69. The Morgan fingerprint density at radius 2 is 1.85 bits per heavy atom. The zero-order valence-electron chi connectivity index (χ0n) is 12.2. The molecule has 106 valence electrons. The van der Waals surface area contributed by atoms with Gasteiger partial charge in [0.2, 0.25) is 0 Å². The number of halogens is 1. The first-order valence-corrected chi connectivity index (χ1v) is 7.23. The average Bonchev–Trinajstić information content (AvgIpc) is 2.45. The van der Waals surface area contributed by atoms with Crippen molar-refractivity contribution in [1.29, 1.82) is 0 Å². The molecule has 1 atom stereocenters. The monoisotopic (exact) mass is 271 g/mol. The van der Waals surface area contributed by atoms with Crippen LogP contribution in [0.2, 0.25) is 0 Å². The van der Waals surface area contributed by atoms with Crippen LogP contribution < -0.4 is 5.32 Å². The van der Waals surface area contributed by atoms with E-state index in [0.29, 0.717) is 0 Å². The van der Waals surface area contributed by atoms with E-state index in [-0.39, 0.29) is 11.9 Å². The summed E-state index contributed by atoms with van der Waals surface area (Å²) in [5.74, 6) is -0.178. The van der Waals surface area contributed by atoms with E-state index in [1.807, 2.05) is 12.1 Å². The van der Waals surface area contributed by atoms with E-state index >= 15 is 0 Å². The van der Waals surface area contributed by atoms with Gasteiger partial charge in [-0.3, -0.25) is 0 Å². The molecule has 0 aliphatic carbocycles. The molecule has 0 aliphatic heterocycles. The molecule has 0 aliphatic rings. The predicted octanol–water partition coefficient (Wildman–Crippen LogP) is 4.42. The van der Waals surface area contributed by atoms with Gasteiger partial charge in [0.15, 0.2) is 0 Å². The summed E-state index contributed by atoms with van der Waals surface area (Å²) < 4.78 is 13.0. The lowest BCUT2D eigenvalue weighted by atomic mass is 9.97. The van der Waals surface area contributed by atoms with Crippen molar-refractivity contribution >= 4 is 0 Å². The SMILES string of the molecule is CCCNC(Cc1ccc(F)cc1)c1cccc(C)c1. The van der Waals surface area contributed by atoms with Gasteiger partial charge in [-0.1, -0.05) is 48.9 Å². The Kier molecular flexibility index (Phi) is 5.31. The predicted molar refractivity (Wildman–Crippen MR) is 82.3 cm³/mol. The molecular formula is C18H22FN. The molecule has 0 fully saturated rings. The Balaban J connectivity index is 2.16. The number of rotatable bonds is 6. The van der Waals surface area contributed by atoms with Gasteiger partial charge in [-0.2, -0.15) is 0 Å². The number of hydrogen-bond acceptors (Lipinski definition) is 1. The lowest BCUT2D eigenvalue weighted by Gasteiger charge is -2.19. The normalized spacial score (nSPS) is 12.3. The van der Waals surface area contributed by atoms with Crippen LogP contribution in [0.5, 0.6) is 0 Å². The third-order valence-electron chi connectivity index (χ3n) is 3.44. The second kappa shape index (κ2) is 7.20. The van der Waals surface area contributed by atoms with E-state index in [1.165, 1.54) is 23.3 Å². The van der Waals surface area contributed by atoms with Crippen LogP contribution in [0.25, 0.3) is 0 Å². The number of hydrogen-bond donors (Lipinski definition) is 1. The lowest BCUT2D eigenvalue weighted by Crippen LogP contribution is -2.24. The van der Waals surface area contributed by atoms with Crippen molar-refractivity contribution in [3.8, 4) is 0 Å². The van der Waals surface area contributed by atoms with Crippen molar-refractivity contribution in [2.45, 2.75) is 32.7 Å². The van der Waals surface area contributed by atoms with E-state index in [2.05, 4.69) is 43.4 Å². The number of benzene rings is 2. The van der Waals surface area contributed by atoms with Crippen molar-refractivity contribution in [3.05, 3.63) is 71.0 Å². The molecule has 1 N–H and O–H groups in total. The Labute approximate surface area is 120 Å². The minimum absolute atomic E-state index is 0.178. The Morgan fingerprint density at radius 3 is 2.50 bits per heavy atom. The van der Waals surface area contributed by atoms with Gasteiger partial charge >= 0.3 is 0 Å². The van der Waals surface area contributed by atoms with Gasteiger partial charge in [0.1, 0.15) is 5.82 Å². The summed E-state index contributed by atoms with van der Waals surface area (Å²) in [5, 5.41) is 3.58. The van der Waals surface area contributed by atoms with Crippen LogP contribution in [0, 0.1) is 12.7 Å². The van der Waals surface area contributed by atoms with Crippen LogP contribution in [0.15, 0.2) is 48.5 Å². The van der Waals surface area contributed by atoms with Crippen molar-refractivity contribution in [1.82, 2.24) is 5.32 Å².